The Kier molecular flexibility index (Phi) is 4.53. The molecular formula is C16H17FO2. The molecule has 0 saturated heterocycles. The summed E-state index contributed by atoms with van der Waals surface area (Å²) in [6, 6.07) is 13.7. The molecule has 2 aromatic carbocycles. The van der Waals surface area contributed by atoms with Crippen LogP contribution in [0.5, 0.6) is 5.75 Å². The van der Waals surface area contributed by atoms with Gasteiger partial charge in [-0.15, -0.1) is 0 Å². The number of para-hydroxylation sites is 1. The van der Waals surface area contributed by atoms with E-state index < -0.39 is 6.10 Å². The maximum atomic E-state index is 13.1. The lowest BCUT2D eigenvalue weighted by molar-refractivity contribution is 0.166. The summed E-state index contributed by atoms with van der Waals surface area (Å²) in [7, 11) is 0. The number of aliphatic hydroxyl groups is 1. The lowest BCUT2D eigenvalue weighted by atomic mass is 10.1. The van der Waals surface area contributed by atoms with Gasteiger partial charge < -0.3 is 9.84 Å². The van der Waals surface area contributed by atoms with Gasteiger partial charge in [-0.2, -0.15) is 0 Å². The highest BCUT2D eigenvalue weighted by Crippen LogP contribution is 2.27. The van der Waals surface area contributed by atoms with Crippen LogP contribution < -0.4 is 4.74 Å². The molecular weight excluding hydrogens is 243 g/mol. The minimum Gasteiger partial charge on any atom is -0.489 e. The molecule has 1 atom stereocenters. The monoisotopic (exact) mass is 260 g/mol. The van der Waals surface area contributed by atoms with Crippen molar-refractivity contribution < 1.29 is 14.2 Å². The number of ether oxygens (including phenoxy) is 1. The molecule has 2 rings (SSSR count). The quantitative estimate of drug-likeness (QED) is 0.884. The highest BCUT2D eigenvalue weighted by atomic mass is 19.1. The SMILES string of the molecule is CCC(O)c1ccccc1OCc1cccc(F)c1. The van der Waals surface area contributed by atoms with E-state index in [1.54, 1.807) is 6.07 Å². The van der Waals surface area contributed by atoms with E-state index >= 15 is 0 Å². The normalized spacial score (nSPS) is 12.2. The van der Waals surface area contributed by atoms with Crippen molar-refractivity contribution in [2.75, 3.05) is 0 Å². The van der Waals surface area contributed by atoms with Crippen molar-refractivity contribution in [2.45, 2.75) is 26.1 Å². The predicted molar refractivity (Wildman–Crippen MR) is 72.4 cm³/mol. The summed E-state index contributed by atoms with van der Waals surface area (Å²) in [5, 5.41) is 9.91. The van der Waals surface area contributed by atoms with Gasteiger partial charge >= 0.3 is 0 Å². The zero-order chi connectivity index (χ0) is 13.7. The van der Waals surface area contributed by atoms with Crippen LogP contribution in [0.15, 0.2) is 48.5 Å². The van der Waals surface area contributed by atoms with E-state index in [9.17, 15) is 9.50 Å². The summed E-state index contributed by atoms with van der Waals surface area (Å²) in [6.45, 7) is 2.19. The van der Waals surface area contributed by atoms with Crippen molar-refractivity contribution in [1.29, 1.82) is 0 Å². The Morgan fingerprint density at radius 1 is 1.16 bits per heavy atom. The van der Waals surface area contributed by atoms with Gasteiger partial charge in [0.05, 0.1) is 6.10 Å². The Bertz CT molecular complexity index is 540. The molecule has 0 amide bonds. The molecule has 19 heavy (non-hydrogen) atoms. The minimum absolute atomic E-state index is 0.275. The standard InChI is InChI=1S/C16H17FO2/c1-2-15(18)14-8-3-4-9-16(14)19-11-12-6-5-7-13(17)10-12/h3-10,15,18H,2,11H2,1H3. The molecule has 0 aliphatic rings. The van der Waals surface area contributed by atoms with E-state index in [0.29, 0.717) is 12.2 Å². The molecule has 0 aliphatic heterocycles. The fourth-order valence-electron chi connectivity index (χ4n) is 1.90. The first kappa shape index (κ1) is 13.6. The molecule has 100 valence electrons. The Balaban J connectivity index is 2.11. The average molecular weight is 260 g/mol. The molecule has 1 N–H and O–H groups in total. The Hall–Kier alpha value is -1.87. The number of hydrogen-bond acceptors (Lipinski definition) is 2. The molecule has 0 aromatic heterocycles. The van der Waals surface area contributed by atoms with Gasteiger partial charge in [0.25, 0.3) is 0 Å². The second-order valence-corrected chi connectivity index (χ2v) is 4.38. The highest BCUT2D eigenvalue weighted by Gasteiger charge is 2.11. The van der Waals surface area contributed by atoms with E-state index in [4.69, 9.17) is 4.74 Å². The number of aliphatic hydroxyl groups excluding tert-OH is 1. The van der Waals surface area contributed by atoms with Crippen molar-refractivity contribution >= 4 is 0 Å². The predicted octanol–water partition coefficient (Wildman–Crippen LogP) is 3.85. The van der Waals surface area contributed by atoms with Crippen molar-refractivity contribution in [3.63, 3.8) is 0 Å². The summed E-state index contributed by atoms with van der Waals surface area (Å²) >= 11 is 0. The molecule has 3 heteroatoms. The molecule has 0 saturated carbocycles. The van der Waals surface area contributed by atoms with E-state index in [2.05, 4.69) is 0 Å². The van der Waals surface area contributed by atoms with Crippen LogP contribution in [0.1, 0.15) is 30.6 Å². The van der Waals surface area contributed by atoms with Crippen LogP contribution in [0.25, 0.3) is 0 Å². The van der Waals surface area contributed by atoms with Gasteiger partial charge in [-0.1, -0.05) is 37.3 Å². The Morgan fingerprint density at radius 3 is 2.68 bits per heavy atom. The van der Waals surface area contributed by atoms with Crippen LogP contribution in [0.4, 0.5) is 4.39 Å². The van der Waals surface area contributed by atoms with Crippen LogP contribution in [0, 0.1) is 5.82 Å². The van der Waals surface area contributed by atoms with Crippen molar-refractivity contribution in [3.05, 3.63) is 65.5 Å². The Labute approximate surface area is 112 Å². The third-order valence-corrected chi connectivity index (χ3v) is 2.95. The second-order valence-electron chi connectivity index (χ2n) is 4.38. The van der Waals surface area contributed by atoms with Gasteiger partial charge in [0.15, 0.2) is 0 Å². The first-order chi connectivity index (χ1) is 9.20. The molecule has 0 bridgehead atoms. The molecule has 2 aromatic rings. The van der Waals surface area contributed by atoms with E-state index in [1.807, 2.05) is 37.3 Å². The summed E-state index contributed by atoms with van der Waals surface area (Å²) in [5.41, 5.74) is 1.53. The van der Waals surface area contributed by atoms with Crippen LogP contribution in [0.2, 0.25) is 0 Å². The zero-order valence-corrected chi connectivity index (χ0v) is 10.8. The summed E-state index contributed by atoms with van der Waals surface area (Å²) in [5.74, 6) is 0.365. The smallest absolute Gasteiger partial charge is 0.125 e. The first-order valence-electron chi connectivity index (χ1n) is 6.35. The molecule has 2 nitrogen and oxygen atoms in total. The van der Waals surface area contributed by atoms with Crippen LogP contribution in [0.3, 0.4) is 0 Å². The molecule has 0 heterocycles. The number of hydrogen-bond donors (Lipinski definition) is 1. The number of benzene rings is 2. The first-order valence-corrected chi connectivity index (χ1v) is 6.35. The van der Waals surface area contributed by atoms with Gasteiger partial charge in [0.1, 0.15) is 18.2 Å². The fourth-order valence-corrected chi connectivity index (χ4v) is 1.90. The summed E-state index contributed by atoms with van der Waals surface area (Å²) in [6.07, 6.45) is 0.0871. The van der Waals surface area contributed by atoms with Crippen LogP contribution in [-0.4, -0.2) is 5.11 Å². The van der Waals surface area contributed by atoms with Gasteiger partial charge in [0, 0.05) is 5.56 Å². The molecule has 1 unspecified atom stereocenters. The maximum absolute atomic E-state index is 13.1. The van der Waals surface area contributed by atoms with Gasteiger partial charge in [-0.05, 0) is 30.2 Å². The second kappa shape index (κ2) is 6.34. The maximum Gasteiger partial charge on any atom is 0.125 e. The average Bonchev–Trinajstić information content (AvgIpc) is 2.45. The van der Waals surface area contributed by atoms with E-state index in [-0.39, 0.29) is 12.4 Å². The lowest BCUT2D eigenvalue weighted by Crippen LogP contribution is -2.02. The third-order valence-electron chi connectivity index (χ3n) is 2.95. The lowest BCUT2D eigenvalue weighted by Gasteiger charge is -2.15. The molecule has 0 spiro atoms. The highest BCUT2D eigenvalue weighted by molar-refractivity contribution is 5.35. The number of rotatable bonds is 5. The van der Waals surface area contributed by atoms with Crippen LogP contribution >= 0.6 is 0 Å². The summed E-state index contributed by atoms with van der Waals surface area (Å²) in [4.78, 5) is 0. The Morgan fingerprint density at radius 2 is 1.95 bits per heavy atom. The topological polar surface area (TPSA) is 29.5 Å². The van der Waals surface area contributed by atoms with Crippen LogP contribution in [-0.2, 0) is 6.61 Å². The van der Waals surface area contributed by atoms with Gasteiger partial charge in [0.2, 0.25) is 0 Å². The van der Waals surface area contributed by atoms with Crippen molar-refractivity contribution in [3.8, 4) is 5.75 Å². The molecule has 0 aliphatic carbocycles. The van der Waals surface area contributed by atoms with Crippen molar-refractivity contribution in [1.82, 2.24) is 0 Å². The van der Waals surface area contributed by atoms with E-state index in [0.717, 1.165) is 11.1 Å². The fraction of sp³-hybridized carbons (Fsp3) is 0.250. The largest absolute Gasteiger partial charge is 0.489 e. The molecule has 0 fully saturated rings. The van der Waals surface area contributed by atoms with Gasteiger partial charge in [-0.25, -0.2) is 4.39 Å². The van der Waals surface area contributed by atoms with E-state index in [1.165, 1.54) is 12.1 Å². The van der Waals surface area contributed by atoms with Gasteiger partial charge in [-0.3, -0.25) is 0 Å². The number of halogens is 1. The zero-order valence-electron chi connectivity index (χ0n) is 10.8. The molecule has 0 radical (unpaired) electrons. The minimum atomic E-state index is -0.538. The third kappa shape index (κ3) is 3.55. The van der Waals surface area contributed by atoms with Crippen molar-refractivity contribution in [2.24, 2.45) is 0 Å². The summed E-state index contributed by atoms with van der Waals surface area (Å²) < 4.78 is 18.7.